The Hall–Kier alpha value is -2.84. The van der Waals surface area contributed by atoms with Gasteiger partial charge in [-0.2, -0.15) is 0 Å². The normalized spacial score (nSPS) is 15.5. The summed E-state index contributed by atoms with van der Waals surface area (Å²) in [5.74, 6) is 0.344. The highest BCUT2D eigenvalue weighted by Gasteiger charge is 2.19. The minimum Gasteiger partial charge on any atom is -0.495 e. The van der Waals surface area contributed by atoms with Crippen LogP contribution in [-0.2, 0) is 13.1 Å². The Kier molecular flexibility index (Phi) is 6.58. The van der Waals surface area contributed by atoms with Gasteiger partial charge in [-0.3, -0.25) is 14.8 Å². The van der Waals surface area contributed by atoms with Crippen molar-refractivity contribution in [2.24, 2.45) is 0 Å². The molecule has 3 aromatic rings. The van der Waals surface area contributed by atoms with Gasteiger partial charge in [-0.1, -0.05) is 0 Å². The summed E-state index contributed by atoms with van der Waals surface area (Å²) in [5.41, 5.74) is 3.31. The molecule has 1 fully saturated rings. The van der Waals surface area contributed by atoms with Gasteiger partial charge in [-0.15, -0.1) is 0 Å². The zero-order chi connectivity index (χ0) is 21.8. The Balaban J connectivity index is 1.32. The number of hydrogen-bond acceptors (Lipinski definition) is 6. The van der Waals surface area contributed by atoms with Gasteiger partial charge in [0.1, 0.15) is 11.6 Å². The van der Waals surface area contributed by atoms with E-state index in [-0.39, 0.29) is 11.4 Å². The Bertz CT molecular complexity index is 1110. The molecule has 4 heterocycles. The average molecular weight is 426 g/mol. The summed E-state index contributed by atoms with van der Waals surface area (Å²) in [6, 6.07) is 7.13. The summed E-state index contributed by atoms with van der Waals surface area (Å²) >= 11 is 0. The van der Waals surface area contributed by atoms with E-state index in [1.807, 2.05) is 13.0 Å². The molecular weight excluding hydrogens is 397 g/mol. The van der Waals surface area contributed by atoms with E-state index in [2.05, 4.69) is 20.2 Å². The lowest BCUT2D eigenvalue weighted by molar-refractivity contribution is 0.191. The van der Waals surface area contributed by atoms with Crippen molar-refractivity contribution in [1.29, 1.82) is 0 Å². The lowest BCUT2D eigenvalue weighted by Crippen LogP contribution is -2.43. The average Bonchev–Trinajstić information content (AvgIpc) is 2.79. The Labute approximate surface area is 180 Å². The third kappa shape index (κ3) is 5.08. The number of methoxy groups -OCH3 is 1. The van der Waals surface area contributed by atoms with Gasteiger partial charge in [0.05, 0.1) is 30.5 Å². The number of nitrogens with one attached hydrogen (secondary N) is 1. The second kappa shape index (κ2) is 9.53. The molecule has 1 saturated heterocycles. The van der Waals surface area contributed by atoms with E-state index in [9.17, 15) is 9.18 Å². The van der Waals surface area contributed by atoms with Gasteiger partial charge in [-0.25, -0.2) is 4.39 Å². The third-order valence-electron chi connectivity index (χ3n) is 6.02. The number of aromatic nitrogens is 3. The highest BCUT2D eigenvalue weighted by molar-refractivity contribution is 5.75. The molecule has 0 spiro atoms. The molecular formula is C23H28FN5O2. The van der Waals surface area contributed by atoms with Crippen LogP contribution in [0.15, 0.2) is 41.5 Å². The lowest BCUT2D eigenvalue weighted by Gasteiger charge is -2.32. The van der Waals surface area contributed by atoms with Crippen LogP contribution in [-0.4, -0.2) is 52.2 Å². The topological polar surface area (TPSA) is 72.3 Å². The number of hydrogen-bond donors (Lipinski definition) is 1. The number of pyridine rings is 3. The number of piperidine rings is 1. The molecule has 4 rings (SSSR count). The van der Waals surface area contributed by atoms with Crippen LogP contribution in [0.1, 0.15) is 24.1 Å². The first-order chi connectivity index (χ1) is 15.0. The van der Waals surface area contributed by atoms with Crippen molar-refractivity contribution in [2.45, 2.75) is 38.9 Å². The van der Waals surface area contributed by atoms with Crippen LogP contribution in [0.5, 0.6) is 5.75 Å². The first-order valence-corrected chi connectivity index (χ1v) is 10.6. The van der Waals surface area contributed by atoms with Crippen molar-refractivity contribution in [3.63, 3.8) is 0 Å². The smallest absolute Gasteiger partial charge is 0.251 e. The Morgan fingerprint density at radius 2 is 1.97 bits per heavy atom. The van der Waals surface area contributed by atoms with E-state index in [1.54, 1.807) is 36.1 Å². The van der Waals surface area contributed by atoms with Crippen molar-refractivity contribution < 1.29 is 9.13 Å². The van der Waals surface area contributed by atoms with Crippen LogP contribution >= 0.6 is 0 Å². The molecule has 0 aliphatic carbocycles. The predicted octanol–water partition coefficient (Wildman–Crippen LogP) is 2.50. The van der Waals surface area contributed by atoms with E-state index in [0.29, 0.717) is 24.9 Å². The summed E-state index contributed by atoms with van der Waals surface area (Å²) < 4.78 is 20.5. The number of nitrogens with zero attached hydrogens (tertiary/aromatic N) is 4. The molecule has 0 radical (unpaired) electrons. The number of likely N-dealkylation sites (tertiary alicyclic amines) is 1. The fraction of sp³-hybridized carbons (Fsp3) is 0.435. The molecule has 0 amide bonds. The standard InChI is InChI=1S/C23H28FN5O2/c1-16-17(11-18(24)14-25-16)13-26-19-5-7-28(8-6-19)9-10-29-22-12-20(31-2)15-27-21(22)3-4-23(29)30/h3-4,11-12,14-15,19,26H,5-10,13H2,1-2H3. The fourth-order valence-electron chi connectivity index (χ4n) is 4.08. The second-order valence-corrected chi connectivity index (χ2v) is 8.00. The molecule has 8 heteroatoms. The monoisotopic (exact) mass is 425 g/mol. The van der Waals surface area contributed by atoms with E-state index in [4.69, 9.17) is 4.74 Å². The summed E-state index contributed by atoms with van der Waals surface area (Å²) in [7, 11) is 1.60. The number of aryl methyl sites for hydroxylation is 1. The molecule has 0 saturated carbocycles. The fourth-order valence-corrected chi connectivity index (χ4v) is 4.08. The van der Waals surface area contributed by atoms with Crippen molar-refractivity contribution in [1.82, 2.24) is 24.8 Å². The van der Waals surface area contributed by atoms with Crippen molar-refractivity contribution in [3.05, 3.63) is 64.1 Å². The van der Waals surface area contributed by atoms with E-state index < -0.39 is 0 Å². The van der Waals surface area contributed by atoms with Gasteiger partial charge < -0.3 is 19.5 Å². The van der Waals surface area contributed by atoms with Crippen LogP contribution in [0.2, 0.25) is 0 Å². The number of ether oxygens (including phenoxy) is 1. The predicted molar refractivity (Wildman–Crippen MR) is 118 cm³/mol. The molecule has 164 valence electrons. The van der Waals surface area contributed by atoms with Gasteiger partial charge in [0.2, 0.25) is 0 Å². The van der Waals surface area contributed by atoms with Crippen LogP contribution in [0.25, 0.3) is 11.0 Å². The van der Waals surface area contributed by atoms with Gasteiger partial charge >= 0.3 is 0 Å². The van der Waals surface area contributed by atoms with E-state index in [0.717, 1.165) is 54.8 Å². The number of halogens is 1. The van der Waals surface area contributed by atoms with Gasteiger partial charge in [0, 0.05) is 43.5 Å². The van der Waals surface area contributed by atoms with Crippen LogP contribution in [0.3, 0.4) is 0 Å². The minimum absolute atomic E-state index is 0.0295. The highest BCUT2D eigenvalue weighted by atomic mass is 19.1. The number of fused-ring (bicyclic) bond motifs is 1. The van der Waals surface area contributed by atoms with Crippen molar-refractivity contribution >= 4 is 11.0 Å². The lowest BCUT2D eigenvalue weighted by atomic mass is 10.0. The van der Waals surface area contributed by atoms with E-state index in [1.165, 1.54) is 6.20 Å². The molecule has 0 unspecified atom stereocenters. The number of rotatable bonds is 7. The van der Waals surface area contributed by atoms with E-state index >= 15 is 0 Å². The quantitative estimate of drug-likeness (QED) is 0.627. The first-order valence-electron chi connectivity index (χ1n) is 10.6. The van der Waals surface area contributed by atoms with Crippen LogP contribution in [0, 0.1) is 12.7 Å². The summed E-state index contributed by atoms with van der Waals surface area (Å²) in [4.78, 5) is 23.3. The van der Waals surface area contributed by atoms with Gasteiger partial charge in [-0.05, 0) is 50.6 Å². The molecule has 0 atom stereocenters. The largest absolute Gasteiger partial charge is 0.495 e. The zero-order valence-electron chi connectivity index (χ0n) is 18.0. The van der Waals surface area contributed by atoms with Crippen molar-refractivity contribution in [2.75, 3.05) is 26.7 Å². The SMILES string of the molecule is COc1cnc2ccc(=O)n(CCN3CCC(NCc4cc(F)cnc4C)CC3)c2c1. The molecule has 7 nitrogen and oxygen atoms in total. The maximum Gasteiger partial charge on any atom is 0.251 e. The van der Waals surface area contributed by atoms with Gasteiger partial charge in [0.25, 0.3) is 5.56 Å². The summed E-state index contributed by atoms with van der Waals surface area (Å²) in [6.07, 6.45) is 4.95. The highest BCUT2D eigenvalue weighted by Crippen LogP contribution is 2.17. The molecule has 1 aliphatic rings. The van der Waals surface area contributed by atoms with Crippen LogP contribution in [0.4, 0.5) is 4.39 Å². The molecule has 3 aromatic heterocycles. The molecule has 31 heavy (non-hydrogen) atoms. The summed E-state index contributed by atoms with van der Waals surface area (Å²) in [5, 5.41) is 3.54. The molecule has 1 N–H and O–H groups in total. The first kappa shape index (κ1) is 21.4. The Morgan fingerprint density at radius 3 is 2.74 bits per heavy atom. The maximum atomic E-state index is 13.4. The summed E-state index contributed by atoms with van der Waals surface area (Å²) in [6.45, 7) is 5.85. The van der Waals surface area contributed by atoms with Gasteiger partial charge in [0.15, 0.2) is 0 Å². The molecule has 0 aromatic carbocycles. The molecule has 0 bridgehead atoms. The van der Waals surface area contributed by atoms with Crippen molar-refractivity contribution in [3.8, 4) is 5.75 Å². The Morgan fingerprint density at radius 1 is 1.16 bits per heavy atom. The molecule has 1 aliphatic heterocycles. The minimum atomic E-state index is -0.297. The second-order valence-electron chi connectivity index (χ2n) is 8.00. The zero-order valence-corrected chi connectivity index (χ0v) is 18.0. The van der Waals surface area contributed by atoms with Crippen LogP contribution < -0.4 is 15.6 Å². The maximum absolute atomic E-state index is 13.4. The third-order valence-corrected chi connectivity index (χ3v) is 6.02.